The zero-order valence-electron chi connectivity index (χ0n) is 9.48. The highest BCUT2D eigenvalue weighted by atomic mass is 35.5. The standard InChI is InChI=1S/C11H13Cl3N2O/c1-3-15-11(17)6(2)16-10-5-8(13)7(12)4-9(10)14/h4-6,16H,3H2,1-2H3,(H,15,17). The van der Waals surface area contributed by atoms with Gasteiger partial charge in [0.1, 0.15) is 6.04 Å². The number of rotatable bonds is 4. The van der Waals surface area contributed by atoms with Crippen LogP contribution >= 0.6 is 34.8 Å². The zero-order valence-corrected chi connectivity index (χ0v) is 11.7. The molecule has 0 aliphatic rings. The molecule has 0 radical (unpaired) electrons. The summed E-state index contributed by atoms with van der Waals surface area (Å²) >= 11 is 17.7. The number of carbonyl (C=O) groups excluding carboxylic acids is 1. The lowest BCUT2D eigenvalue weighted by Gasteiger charge is -2.16. The highest BCUT2D eigenvalue weighted by Crippen LogP contribution is 2.32. The molecule has 0 aliphatic heterocycles. The molecule has 0 bridgehead atoms. The zero-order chi connectivity index (χ0) is 13.0. The Balaban J connectivity index is 2.81. The number of hydrogen-bond acceptors (Lipinski definition) is 2. The van der Waals surface area contributed by atoms with Crippen molar-refractivity contribution in [3.63, 3.8) is 0 Å². The predicted molar refractivity (Wildman–Crippen MR) is 73.2 cm³/mol. The number of likely N-dealkylation sites (N-methyl/N-ethyl adjacent to an activating group) is 1. The molecule has 0 aromatic heterocycles. The van der Waals surface area contributed by atoms with E-state index in [1.54, 1.807) is 13.0 Å². The summed E-state index contributed by atoms with van der Waals surface area (Å²) in [6.07, 6.45) is 0. The molecule has 0 aliphatic carbocycles. The Kier molecular flexibility index (Phi) is 5.37. The molecule has 1 aromatic rings. The van der Waals surface area contributed by atoms with Gasteiger partial charge >= 0.3 is 0 Å². The number of nitrogens with one attached hydrogen (secondary N) is 2. The number of carbonyl (C=O) groups is 1. The summed E-state index contributed by atoms with van der Waals surface area (Å²) in [4.78, 5) is 11.5. The molecule has 1 atom stereocenters. The normalized spacial score (nSPS) is 12.1. The molecule has 1 aromatic carbocycles. The maximum absolute atomic E-state index is 11.5. The van der Waals surface area contributed by atoms with Gasteiger partial charge in [-0.2, -0.15) is 0 Å². The molecule has 1 unspecified atom stereocenters. The molecule has 6 heteroatoms. The van der Waals surface area contributed by atoms with Gasteiger partial charge in [0.05, 0.1) is 20.8 Å². The van der Waals surface area contributed by atoms with E-state index in [0.717, 1.165) is 0 Å². The van der Waals surface area contributed by atoms with Crippen molar-refractivity contribution in [2.75, 3.05) is 11.9 Å². The van der Waals surface area contributed by atoms with Crippen molar-refractivity contribution >= 4 is 46.4 Å². The van der Waals surface area contributed by atoms with Crippen LogP contribution in [0.5, 0.6) is 0 Å². The van der Waals surface area contributed by atoms with Gasteiger partial charge in [-0.1, -0.05) is 34.8 Å². The van der Waals surface area contributed by atoms with Crippen LogP contribution in [0.3, 0.4) is 0 Å². The molecular weight excluding hydrogens is 282 g/mol. The van der Waals surface area contributed by atoms with Crippen LogP contribution in [0.15, 0.2) is 12.1 Å². The summed E-state index contributed by atoms with van der Waals surface area (Å²) in [5, 5.41) is 6.88. The first kappa shape index (κ1) is 14.4. The first-order chi connectivity index (χ1) is 7.95. The van der Waals surface area contributed by atoms with Crippen molar-refractivity contribution in [2.24, 2.45) is 0 Å². The third-order valence-corrected chi connectivity index (χ3v) is 3.16. The van der Waals surface area contributed by atoms with E-state index in [4.69, 9.17) is 34.8 Å². The number of amides is 1. The fraction of sp³-hybridized carbons (Fsp3) is 0.364. The second kappa shape index (κ2) is 6.34. The molecule has 0 heterocycles. The van der Waals surface area contributed by atoms with E-state index in [0.29, 0.717) is 27.3 Å². The SMILES string of the molecule is CCNC(=O)C(C)Nc1cc(Cl)c(Cl)cc1Cl. The third-order valence-electron chi connectivity index (χ3n) is 2.13. The van der Waals surface area contributed by atoms with E-state index < -0.39 is 6.04 Å². The van der Waals surface area contributed by atoms with Gasteiger partial charge in [-0.05, 0) is 26.0 Å². The first-order valence-electron chi connectivity index (χ1n) is 5.14. The predicted octanol–water partition coefficient (Wildman–Crippen LogP) is 3.58. The second-order valence-electron chi connectivity index (χ2n) is 3.51. The van der Waals surface area contributed by atoms with E-state index in [1.165, 1.54) is 6.07 Å². The van der Waals surface area contributed by atoms with Gasteiger partial charge in [-0.25, -0.2) is 0 Å². The van der Waals surface area contributed by atoms with Crippen LogP contribution in [-0.4, -0.2) is 18.5 Å². The summed E-state index contributed by atoms with van der Waals surface area (Å²) in [5.41, 5.74) is 0.583. The number of benzene rings is 1. The minimum atomic E-state index is -0.398. The van der Waals surface area contributed by atoms with Crippen LogP contribution in [0.1, 0.15) is 13.8 Å². The van der Waals surface area contributed by atoms with Gasteiger partial charge in [0.25, 0.3) is 0 Å². The number of hydrogen-bond donors (Lipinski definition) is 2. The molecule has 3 nitrogen and oxygen atoms in total. The fourth-order valence-corrected chi connectivity index (χ4v) is 1.86. The second-order valence-corrected chi connectivity index (χ2v) is 4.73. The third kappa shape index (κ3) is 3.95. The van der Waals surface area contributed by atoms with Crippen LogP contribution < -0.4 is 10.6 Å². The molecule has 1 rings (SSSR count). The van der Waals surface area contributed by atoms with Gasteiger partial charge in [-0.3, -0.25) is 4.79 Å². The van der Waals surface area contributed by atoms with E-state index in [-0.39, 0.29) is 5.91 Å². The van der Waals surface area contributed by atoms with Crippen LogP contribution in [-0.2, 0) is 4.79 Å². The van der Waals surface area contributed by atoms with E-state index >= 15 is 0 Å². The summed E-state index contributed by atoms with van der Waals surface area (Å²) < 4.78 is 0. The van der Waals surface area contributed by atoms with Crippen LogP contribution in [0.2, 0.25) is 15.1 Å². The highest BCUT2D eigenvalue weighted by molar-refractivity contribution is 6.44. The summed E-state index contributed by atoms with van der Waals surface area (Å²) in [7, 11) is 0. The maximum atomic E-state index is 11.5. The van der Waals surface area contributed by atoms with Crippen molar-refractivity contribution in [1.29, 1.82) is 0 Å². The molecule has 0 fully saturated rings. The van der Waals surface area contributed by atoms with E-state index in [1.807, 2.05) is 6.92 Å². The average Bonchev–Trinajstić information content (AvgIpc) is 2.26. The Morgan fingerprint density at radius 3 is 2.41 bits per heavy atom. The number of anilines is 1. The lowest BCUT2D eigenvalue weighted by molar-refractivity contribution is -0.121. The van der Waals surface area contributed by atoms with Crippen LogP contribution in [0, 0.1) is 0 Å². The Morgan fingerprint density at radius 2 is 1.82 bits per heavy atom. The van der Waals surface area contributed by atoms with Crippen molar-refractivity contribution in [3.8, 4) is 0 Å². The summed E-state index contributed by atoms with van der Waals surface area (Å²) in [6, 6.07) is 2.74. The molecule has 0 spiro atoms. The molecule has 0 saturated carbocycles. The molecule has 1 amide bonds. The lowest BCUT2D eigenvalue weighted by Crippen LogP contribution is -2.37. The molecule has 17 heavy (non-hydrogen) atoms. The molecule has 0 saturated heterocycles. The molecule has 94 valence electrons. The van der Waals surface area contributed by atoms with Crippen molar-refractivity contribution in [1.82, 2.24) is 5.32 Å². The van der Waals surface area contributed by atoms with Gasteiger partial charge in [0, 0.05) is 6.54 Å². The minimum absolute atomic E-state index is 0.102. The van der Waals surface area contributed by atoms with Crippen LogP contribution in [0.25, 0.3) is 0 Å². The average molecular weight is 296 g/mol. The topological polar surface area (TPSA) is 41.1 Å². The highest BCUT2D eigenvalue weighted by Gasteiger charge is 2.14. The van der Waals surface area contributed by atoms with Crippen molar-refractivity contribution in [3.05, 3.63) is 27.2 Å². The van der Waals surface area contributed by atoms with Crippen molar-refractivity contribution < 1.29 is 4.79 Å². The monoisotopic (exact) mass is 294 g/mol. The minimum Gasteiger partial charge on any atom is -0.373 e. The smallest absolute Gasteiger partial charge is 0.242 e. The lowest BCUT2D eigenvalue weighted by atomic mass is 10.2. The Bertz CT molecular complexity index is 423. The van der Waals surface area contributed by atoms with Gasteiger partial charge in [0.2, 0.25) is 5.91 Å². The van der Waals surface area contributed by atoms with E-state index in [2.05, 4.69) is 10.6 Å². The Labute approximate surface area is 115 Å². The van der Waals surface area contributed by atoms with E-state index in [9.17, 15) is 4.79 Å². The summed E-state index contributed by atoms with van der Waals surface area (Å²) in [6.45, 7) is 4.18. The molecule has 2 N–H and O–H groups in total. The number of halogens is 3. The Morgan fingerprint density at radius 1 is 1.24 bits per heavy atom. The maximum Gasteiger partial charge on any atom is 0.242 e. The quantitative estimate of drug-likeness (QED) is 0.834. The summed E-state index contributed by atoms with van der Waals surface area (Å²) in [5.74, 6) is -0.102. The molecular formula is C11H13Cl3N2O. The van der Waals surface area contributed by atoms with Crippen molar-refractivity contribution in [2.45, 2.75) is 19.9 Å². The van der Waals surface area contributed by atoms with Gasteiger partial charge in [-0.15, -0.1) is 0 Å². The Hall–Kier alpha value is -0.640. The van der Waals surface area contributed by atoms with Crippen LogP contribution in [0.4, 0.5) is 5.69 Å². The van der Waals surface area contributed by atoms with Gasteiger partial charge < -0.3 is 10.6 Å². The largest absolute Gasteiger partial charge is 0.373 e. The van der Waals surface area contributed by atoms with Gasteiger partial charge in [0.15, 0.2) is 0 Å². The first-order valence-corrected chi connectivity index (χ1v) is 6.28. The fourth-order valence-electron chi connectivity index (χ4n) is 1.26.